The largest absolute Gasteiger partial charge is 0.481 e. The lowest BCUT2D eigenvalue weighted by atomic mass is 9.88. The SMILES string of the molecule is Cc1ccc(C[C@H](C)C[C@H](N)C(C(=O)O)C(=O)O)cc1. The molecular weight excluding hydrogens is 258 g/mol. The number of benzene rings is 1. The summed E-state index contributed by atoms with van der Waals surface area (Å²) in [4.78, 5) is 21.8. The summed E-state index contributed by atoms with van der Waals surface area (Å²) in [6, 6.07) is 7.18. The summed E-state index contributed by atoms with van der Waals surface area (Å²) >= 11 is 0. The van der Waals surface area contributed by atoms with Crippen LogP contribution in [-0.4, -0.2) is 28.2 Å². The first kappa shape index (κ1) is 16.2. The van der Waals surface area contributed by atoms with Gasteiger partial charge in [0, 0.05) is 6.04 Å². The number of carbonyl (C=O) groups is 2. The molecule has 20 heavy (non-hydrogen) atoms. The van der Waals surface area contributed by atoms with E-state index in [4.69, 9.17) is 15.9 Å². The Morgan fingerprint density at radius 1 is 1.15 bits per heavy atom. The average molecular weight is 279 g/mol. The van der Waals surface area contributed by atoms with Crippen LogP contribution in [0.3, 0.4) is 0 Å². The Bertz CT molecular complexity index is 455. The smallest absolute Gasteiger partial charge is 0.319 e. The number of carboxylic acid groups (broad SMARTS) is 2. The summed E-state index contributed by atoms with van der Waals surface area (Å²) in [6.07, 6.45) is 1.11. The molecule has 1 rings (SSSR count). The van der Waals surface area contributed by atoms with Crippen molar-refractivity contribution in [1.82, 2.24) is 0 Å². The van der Waals surface area contributed by atoms with Crippen LogP contribution in [-0.2, 0) is 16.0 Å². The zero-order chi connectivity index (χ0) is 15.3. The zero-order valence-electron chi connectivity index (χ0n) is 11.7. The van der Waals surface area contributed by atoms with Gasteiger partial charge in [0.15, 0.2) is 5.92 Å². The van der Waals surface area contributed by atoms with E-state index in [0.717, 1.165) is 12.0 Å². The first-order valence-corrected chi connectivity index (χ1v) is 6.58. The molecule has 0 aromatic heterocycles. The minimum atomic E-state index is -1.55. The number of rotatable bonds is 7. The molecule has 0 spiro atoms. The molecule has 0 fully saturated rings. The Kier molecular flexibility index (Phi) is 5.70. The second-order valence-corrected chi connectivity index (χ2v) is 5.35. The molecule has 1 aromatic rings. The van der Waals surface area contributed by atoms with Gasteiger partial charge in [-0.1, -0.05) is 36.8 Å². The Balaban J connectivity index is 2.60. The highest BCUT2D eigenvalue weighted by atomic mass is 16.4. The molecule has 0 heterocycles. The highest BCUT2D eigenvalue weighted by molar-refractivity contribution is 5.93. The van der Waals surface area contributed by atoms with Crippen molar-refractivity contribution < 1.29 is 19.8 Å². The van der Waals surface area contributed by atoms with E-state index in [9.17, 15) is 9.59 Å². The minimum Gasteiger partial charge on any atom is -0.481 e. The summed E-state index contributed by atoms with van der Waals surface area (Å²) in [5.41, 5.74) is 8.05. The Hall–Kier alpha value is -1.88. The third kappa shape index (κ3) is 4.66. The Morgan fingerprint density at radius 2 is 1.65 bits per heavy atom. The molecule has 0 unspecified atom stereocenters. The van der Waals surface area contributed by atoms with Crippen molar-refractivity contribution in [2.45, 2.75) is 32.7 Å². The molecule has 2 atom stereocenters. The third-order valence-electron chi connectivity index (χ3n) is 3.34. The Morgan fingerprint density at radius 3 is 2.10 bits per heavy atom. The predicted octanol–water partition coefficient (Wildman–Crippen LogP) is 1.68. The van der Waals surface area contributed by atoms with Gasteiger partial charge in [0.2, 0.25) is 0 Å². The van der Waals surface area contributed by atoms with Gasteiger partial charge in [0.1, 0.15) is 0 Å². The Labute approximate surface area is 118 Å². The van der Waals surface area contributed by atoms with Gasteiger partial charge in [0.25, 0.3) is 0 Å². The van der Waals surface area contributed by atoms with E-state index in [0.29, 0.717) is 6.42 Å². The first-order valence-electron chi connectivity index (χ1n) is 6.58. The van der Waals surface area contributed by atoms with Crippen LogP contribution in [0.2, 0.25) is 0 Å². The molecular formula is C15H21NO4. The van der Waals surface area contributed by atoms with Crippen molar-refractivity contribution in [1.29, 1.82) is 0 Å². The second kappa shape index (κ2) is 7.05. The maximum absolute atomic E-state index is 10.9. The number of hydrogen-bond donors (Lipinski definition) is 3. The molecule has 0 radical (unpaired) electrons. The molecule has 0 bridgehead atoms. The molecule has 5 nitrogen and oxygen atoms in total. The number of aliphatic carboxylic acids is 2. The maximum atomic E-state index is 10.9. The van der Waals surface area contributed by atoms with Crippen molar-refractivity contribution in [3.8, 4) is 0 Å². The normalized spacial score (nSPS) is 14.0. The summed E-state index contributed by atoms with van der Waals surface area (Å²) in [7, 11) is 0. The van der Waals surface area contributed by atoms with Gasteiger partial charge in [-0.3, -0.25) is 9.59 Å². The third-order valence-corrected chi connectivity index (χ3v) is 3.34. The molecule has 110 valence electrons. The van der Waals surface area contributed by atoms with E-state index in [1.165, 1.54) is 5.56 Å². The highest BCUT2D eigenvalue weighted by Crippen LogP contribution is 2.17. The average Bonchev–Trinajstić information content (AvgIpc) is 2.30. The molecule has 5 heteroatoms. The number of hydrogen-bond acceptors (Lipinski definition) is 3. The molecule has 0 aliphatic carbocycles. The second-order valence-electron chi connectivity index (χ2n) is 5.35. The molecule has 0 amide bonds. The summed E-state index contributed by atoms with van der Waals surface area (Å²) in [5, 5.41) is 17.8. The van der Waals surface area contributed by atoms with E-state index >= 15 is 0 Å². The summed E-state index contributed by atoms with van der Waals surface area (Å²) in [5.74, 6) is -4.19. The molecule has 0 saturated heterocycles. The fraction of sp³-hybridized carbons (Fsp3) is 0.467. The topological polar surface area (TPSA) is 101 Å². The van der Waals surface area contributed by atoms with Gasteiger partial charge in [-0.05, 0) is 31.2 Å². The molecule has 0 aliphatic heterocycles. The van der Waals surface area contributed by atoms with Crippen LogP contribution in [0, 0.1) is 18.8 Å². The van der Waals surface area contributed by atoms with E-state index < -0.39 is 23.9 Å². The standard InChI is InChI=1S/C15H21NO4/c1-9-3-5-11(6-4-9)7-10(2)8-12(16)13(14(17)18)15(19)20/h3-6,10,12-13H,7-8,16H2,1-2H3,(H,17,18)(H,19,20)/t10-,12-/m0/s1. The molecule has 1 aromatic carbocycles. The lowest BCUT2D eigenvalue weighted by Gasteiger charge is -2.20. The predicted molar refractivity (Wildman–Crippen MR) is 75.4 cm³/mol. The van der Waals surface area contributed by atoms with Crippen LogP contribution in [0.5, 0.6) is 0 Å². The summed E-state index contributed by atoms with van der Waals surface area (Å²) < 4.78 is 0. The van der Waals surface area contributed by atoms with Crippen LogP contribution in [0.15, 0.2) is 24.3 Å². The zero-order valence-corrected chi connectivity index (χ0v) is 11.7. The van der Waals surface area contributed by atoms with Gasteiger partial charge < -0.3 is 15.9 Å². The van der Waals surface area contributed by atoms with Gasteiger partial charge in [0.05, 0.1) is 0 Å². The fourth-order valence-electron chi connectivity index (χ4n) is 2.28. The monoisotopic (exact) mass is 279 g/mol. The molecule has 0 aliphatic rings. The maximum Gasteiger partial charge on any atom is 0.319 e. The van der Waals surface area contributed by atoms with Crippen molar-refractivity contribution in [2.24, 2.45) is 17.6 Å². The van der Waals surface area contributed by atoms with E-state index in [1.807, 2.05) is 38.1 Å². The van der Waals surface area contributed by atoms with Crippen LogP contribution in [0.4, 0.5) is 0 Å². The number of aryl methyl sites for hydroxylation is 1. The lowest BCUT2D eigenvalue weighted by Crippen LogP contribution is -2.42. The van der Waals surface area contributed by atoms with Crippen LogP contribution in [0.25, 0.3) is 0 Å². The van der Waals surface area contributed by atoms with Gasteiger partial charge in [-0.25, -0.2) is 0 Å². The van der Waals surface area contributed by atoms with Crippen molar-refractivity contribution in [2.75, 3.05) is 0 Å². The van der Waals surface area contributed by atoms with Crippen molar-refractivity contribution in [3.63, 3.8) is 0 Å². The number of carboxylic acids is 2. The number of nitrogens with two attached hydrogens (primary N) is 1. The van der Waals surface area contributed by atoms with E-state index in [-0.39, 0.29) is 5.92 Å². The van der Waals surface area contributed by atoms with E-state index in [1.54, 1.807) is 0 Å². The fourth-order valence-corrected chi connectivity index (χ4v) is 2.28. The van der Waals surface area contributed by atoms with Crippen LogP contribution < -0.4 is 5.73 Å². The summed E-state index contributed by atoms with van der Waals surface area (Å²) in [6.45, 7) is 3.95. The highest BCUT2D eigenvalue weighted by Gasteiger charge is 2.33. The van der Waals surface area contributed by atoms with Gasteiger partial charge in [-0.15, -0.1) is 0 Å². The first-order chi connectivity index (χ1) is 9.31. The van der Waals surface area contributed by atoms with E-state index in [2.05, 4.69) is 0 Å². The van der Waals surface area contributed by atoms with Crippen LogP contribution >= 0.6 is 0 Å². The molecule has 4 N–H and O–H groups in total. The van der Waals surface area contributed by atoms with Crippen LogP contribution in [0.1, 0.15) is 24.5 Å². The van der Waals surface area contributed by atoms with Gasteiger partial charge in [-0.2, -0.15) is 0 Å². The molecule has 0 saturated carbocycles. The minimum absolute atomic E-state index is 0.119. The van der Waals surface area contributed by atoms with Gasteiger partial charge >= 0.3 is 11.9 Å². The quantitative estimate of drug-likeness (QED) is 0.659. The lowest BCUT2D eigenvalue weighted by molar-refractivity contribution is -0.155. The van der Waals surface area contributed by atoms with Crippen molar-refractivity contribution in [3.05, 3.63) is 35.4 Å². The van der Waals surface area contributed by atoms with Crippen molar-refractivity contribution >= 4 is 11.9 Å².